The number of nitrogens with zero attached hydrogens (tertiary/aromatic N) is 1. The molecule has 0 amide bonds. The first kappa shape index (κ1) is 10.7. The number of hydrogen-bond acceptors (Lipinski definition) is 2. The van der Waals surface area contributed by atoms with Crippen LogP contribution in [0.1, 0.15) is 10.4 Å². The molecule has 1 aromatic rings. The molecule has 1 aromatic carbocycles. The second-order valence-electron chi connectivity index (χ2n) is 2.47. The lowest BCUT2D eigenvalue weighted by Gasteiger charge is -2.09. The van der Waals surface area contributed by atoms with Gasteiger partial charge in [0.05, 0.1) is 0 Å². The van der Waals surface area contributed by atoms with Crippen LogP contribution >= 0.6 is 31.9 Å². The molecule has 0 saturated carbocycles. The Balaban J connectivity index is 2.79. The SMILES string of the molecule is O=[N+]([O-])[C@H](Br)[C@@H](Br)c1ccccc1. The summed E-state index contributed by atoms with van der Waals surface area (Å²) in [5.41, 5.74) is 0.890. The fraction of sp³-hybridized carbons (Fsp3) is 0.250. The van der Waals surface area contributed by atoms with Gasteiger partial charge in [0, 0.05) is 4.92 Å². The van der Waals surface area contributed by atoms with Crippen LogP contribution in [-0.4, -0.2) is 9.87 Å². The summed E-state index contributed by atoms with van der Waals surface area (Å²) in [5.74, 6) is 0. The first-order valence-electron chi connectivity index (χ1n) is 3.59. The fourth-order valence-corrected chi connectivity index (χ4v) is 1.71. The molecule has 0 aliphatic rings. The van der Waals surface area contributed by atoms with Crippen LogP contribution in [0.4, 0.5) is 0 Å². The molecule has 0 aromatic heterocycles. The van der Waals surface area contributed by atoms with Crippen molar-refractivity contribution < 1.29 is 4.92 Å². The van der Waals surface area contributed by atoms with Crippen molar-refractivity contribution in [2.24, 2.45) is 0 Å². The van der Waals surface area contributed by atoms with Crippen molar-refractivity contribution in [3.8, 4) is 0 Å². The summed E-state index contributed by atoms with van der Waals surface area (Å²) in [4.78, 5) is 8.98. The maximum atomic E-state index is 10.4. The number of halogens is 2. The number of hydrogen-bond donors (Lipinski definition) is 0. The zero-order valence-electron chi connectivity index (χ0n) is 6.56. The van der Waals surface area contributed by atoms with E-state index in [-0.39, 0.29) is 9.75 Å². The van der Waals surface area contributed by atoms with Crippen molar-refractivity contribution >= 4 is 31.9 Å². The molecule has 1 rings (SSSR count). The molecular weight excluding hydrogens is 302 g/mol. The Bertz CT molecular complexity index is 291. The molecule has 0 fully saturated rings. The average molecular weight is 309 g/mol. The quantitative estimate of drug-likeness (QED) is 0.373. The molecule has 13 heavy (non-hydrogen) atoms. The number of benzene rings is 1. The molecule has 0 heterocycles. The number of nitro groups is 1. The summed E-state index contributed by atoms with van der Waals surface area (Å²) >= 11 is 6.26. The predicted octanol–water partition coefficient (Wildman–Crippen LogP) is 3.12. The minimum absolute atomic E-state index is 0.302. The van der Waals surface area contributed by atoms with Gasteiger partial charge < -0.3 is 0 Å². The van der Waals surface area contributed by atoms with E-state index >= 15 is 0 Å². The van der Waals surface area contributed by atoms with Crippen LogP contribution in [-0.2, 0) is 0 Å². The molecule has 0 radical (unpaired) electrons. The average Bonchev–Trinajstić information content (AvgIpc) is 2.17. The third-order valence-corrected chi connectivity index (χ3v) is 4.16. The summed E-state index contributed by atoms with van der Waals surface area (Å²) in [6.45, 7) is 0. The molecule has 3 nitrogen and oxygen atoms in total. The lowest BCUT2D eigenvalue weighted by atomic mass is 10.1. The second kappa shape index (κ2) is 4.72. The topological polar surface area (TPSA) is 43.1 Å². The summed E-state index contributed by atoms with van der Waals surface area (Å²) in [6, 6.07) is 9.26. The third kappa shape index (κ3) is 2.77. The molecule has 0 saturated heterocycles. The van der Waals surface area contributed by atoms with E-state index in [1.54, 1.807) is 0 Å². The molecule has 0 spiro atoms. The van der Waals surface area contributed by atoms with Crippen LogP contribution < -0.4 is 0 Å². The largest absolute Gasteiger partial charge is 0.282 e. The van der Waals surface area contributed by atoms with Gasteiger partial charge in [0.15, 0.2) is 0 Å². The van der Waals surface area contributed by atoms with Gasteiger partial charge >= 0.3 is 0 Å². The van der Waals surface area contributed by atoms with Gasteiger partial charge in [0.25, 0.3) is 4.95 Å². The van der Waals surface area contributed by atoms with Gasteiger partial charge in [-0.15, -0.1) is 0 Å². The van der Waals surface area contributed by atoms with Crippen LogP contribution in [0.5, 0.6) is 0 Å². The highest BCUT2D eigenvalue weighted by molar-refractivity contribution is 9.12. The van der Waals surface area contributed by atoms with E-state index in [2.05, 4.69) is 31.9 Å². The molecule has 0 N–H and O–H groups in total. The van der Waals surface area contributed by atoms with Crippen molar-refractivity contribution in [1.82, 2.24) is 0 Å². The van der Waals surface area contributed by atoms with Crippen LogP contribution in [0.25, 0.3) is 0 Å². The molecule has 0 unspecified atom stereocenters. The normalized spacial score (nSPS) is 14.9. The summed E-state index contributed by atoms with van der Waals surface area (Å²) in [7, 11) is 0. The Kier molecular flexibility index (Phi) is 3.87. The van der Waals surface area contributed by atoms with Crippen LogP contribution in [0.15, 0.2) is 30.3 Å². The van der Waals surface area contributed by atoms with E-state index in [1.807, 2.05) is 30.3 Å². The minimum Gasteiger partial charge on any atom is -0.263 e. The molecular formula is C8H7Br2NO2. The minimum atomic E-state index is -0.796. The molecule has 5 heteroatoms. The maximum Gasteiger partial charge on any atom is 0.282 e. The molecule has 2 atom stereocenters. The highest BCUT2D eigenvalue weighted by Crippen LogP contribution is 2.30. The fourth-order valence-electron chi connectivity index (χ4n) is 0.903. The molecule has 70 valence electrons. The van der Waals surface area contributed by atoms with E-state index in [4.69, 9.17) is 0 Å². The maximum absolute atomic E-state index is 10.4. The standard InChI is InChI=1S/C8H7Br2NO2/c9-7(8(10)11(12)13)6-4-2-1-3-5-6/h1-5,7-8H/t7-,8-/m0/s1. The van der Waals surface area contributed by atoms with E-state index in [0.29, 0.717) is 0 Å². The van der Waals surface area contributed by atoms with Crippen molar-refractivity contribution in [2.75, 3.05) is 0 Å². The monoisotopic (exact) mass is 307 g/mol. The predicted molar refractivity (Wildman–Crippen MR) is 57.8 cm³/mol. The van der Waals surface area contributed by atoms with Crippen LogP contribution in [0.3, 0.4) is 0 Å². The van der Waals surface area contributed by atoms with Crippen LogP contribution in [0, 0.1) is 10.1 Å². The van der Waals surface area contributed by atoms with Gasteiger partial charge in [-0.05, 0) is 21.5 Å². The van der Waals surface area contributed by atoms with Crippen LogP contribution in [0.2, 0.25) is 0 Å². The molecule has 0 aliphatic heterocycles. The van der Waals surface area contributed by atoms with Gasteiger partial charge in [-0.2, -0.15) is 0 Å². The zero-order chi connectivity index (χ0) is 9.84. The van der Waals surface area contributed by atoms with E-state index < -0.39 is 4.95 Å². The van der Waals surface area contributed by atoms with Gasteiger partial charge in [0.2, 0.25) is 0 Å². The first-order chi connectivity index (χ1) is 6.13. The Morgan fingerprint density at radius 3 is 2.23 bits per heavy atom. The lowest BCUT2D eigenvalue weighted by Crippen LogP contribution is -2.16. The molecule has 0 aliphatic carbocycles. The van der Waals surface area contributed by atoms with E-state index in [1.165, 1.54) is 0 Å². The van der Waals surface area contributed by atoms with E-state index in [0.717, 1.165) is 5.56 Å². The van der Waals surface area contributed by atoms with Gasteiger partial charge in [-0.25, -0.2) is 0 Å². The smallest absolute Gasteiger partial charge is 0.263 e. The Hall–Kier alpha value is -0.420. The lowest BCUT2D eigenvalue weighted by molar-refractivity contribution is -0.492. The van der Waals surface area contributed by atoms with Crippen molar-refractivity contribution in [1.29, 1.82) is 0 Å². The number of alkyl halides is 2. The third-order valence-electron chi connectivity index (χ3n) is 1.56. The second-order valence-corrected chi connectivity index (χ2v) is 4.40. The first-order valence-corrected chi connectivity index (χ1v) is 5.42. The van der Waals surface area contributed by atoms with Gasteiger partial charge in [-0.1, -0.05) is 46.3 Å². The van der Waals surface area contributed by atoms with Crippen molar-refractivity contribution in [3.05, 3.63) is 46.0 Å². The Morgan fingerprint density at radius 2 is 1.77 bits per heavy atom. The molecule has 0 bridgehead atoms. The van der Waals surface area contributed by atoms with Gasteiger partial charge in [0.1, 0.15) is 4.83 Å². The van der Waals surface area contributed by atoms with Crippen molar-refractivity contribution in [3.63, 3.8) is 0 Å². The van der Waals surface area contributed by atoms with Crippen molar-refractivity contribution in [2.45, 2.75) is 9.78 Å². The zero-order valence-corrected chi connectivity index (χ0v) is 9.73. The van der Waals surface area contributed by atoms with Gasteiger partial charge in [-0.3, -0.25) is 10.1 Å². The van der Waals surface area contributed by atoms with E-state index in [9.17, 15) is 10.1 Å². The Labute approximate surface area is 92.5 Å². The Morgan fingerprint density at radius 1 is 1.23 bits per heavy atom. The summed E-state index contributed by atoms with van der Waals surface area (Å²) in [5, 5.41) is 10.4. The summed E-state index contributed by atoms with van der Waals surface area (Å²) in [6.07, 6.45) is 0. The highest BCUT2D eigenvalue weighted by Gasteiger charge is 2.26. The highest BCUT2D eigenvalue weighted by atomic mass is 79.9. The summed E-state index contributed by atoms with van der Waals surface area (Å²) < 4.78 is 0. The number of rotatable bonds is 3.